The van der Waals surface area contributed by atoms with Crippen molar-refractivity contribution in [1.29, 1.82) is 0 Å². The molecule has 0 bridgehead atoms. The third kappa shape index (κ3) is 4.75. The lowest BCUT2D eigenvalue weighted by molar-refractivity contribution is 0.578. The Bertz CT molecular complexity index is 671. The van der Waals surface area contributed by atoms with Crippen LogP contribution in [0.5, 0.6) is 0 Å². The molecule has 0 saturated carbocycles. The molecule has 23 heavy (non-hydrogen) atoms. The van der Waals surface area contributed by atoms with Gasteiger partial charge in [0.15, 0.2) is 0 Å². The predicted molar refractivity (Wildman–Crippen MR) is 99.9 cm³/mol. The van der Waals surface area contributed by atoms with Crippen LogP contribution < -0.4 is 0 Å². The molecule has 0 saturated heterocycles. The average Bonchev–Trinajstić information content (AvgIpc) is 2.46. The van der Waals surface area contributed by atoms with Gasteiger partial charge in [-0.15, -0.1) is 0 Å². The van der Waals surface area contributed by atoms with Crippen LogP contribution in [-0.2, 0) is 17.3 Å². The molecule has 2 heteroatoms. The standard InChI is InChI=1S/C21H28N2/c1-20(2,3)16-10-11-18(21(4,5)6)19(15-16)23-14-12-17-9-7-8-13-22-17/h7-11,13-15H,12H2,1-6H3. The Morgan fingerprint density at radius 2 is 1.70 bits per heavy atom. The fraction of sp³-hybridized carbons (Fsp3) is 0.429. The Balaban J connectivity index is 2.34. The van der Waals surface area contributed by atoms with E-state index in [-0.39, 0.29) is 10.8 Å². The molecule has 0 atom stereocenters. The topological polar surface area (TPSA) is 25.2 Å². The van der Waals surface area contributed by atoms with Crippen LogP contribution in [-0.4, -0.2) is 11.2 Å². The van der Waals surface area contributed by atoms with Gasteiger partial charge >= 0.3 is 0 Å². The third-order valence-electron chi connectivity index (χ3n) is 3.93. The van der Waals surface area contributed by atoms with Crippen molar-refractivity contribution in [1.82, 2.24) is 4.98 Å². The second-order valence-corrected chi connectivity index (χ2v) is 8.07. The monoisotopic (exact) mass is 308 g/mol. The quantitative estimate of drug-likeness (QED) is 0.675. The van der Waals surface area contributed by atoms with E-state index in [9.17, 15) is 0 Å². The van der Waals surface area contributed by atoms with E-state index in [2.05, 4.69) is 64.7 Å². The maximum atomic E-state index is 4.78. The summed E-state index contributed by atoms with van der Waals surface area (Å²) in [4.78, 5) is 9.12. The molecule has 1 aromatic carbocycles. The number of rotatable bonds is 3. The minimum absolute atomic E-state index is 0.0775. The van der Waals surface area contributed by atoms with Crippen LogP contribution in [0.25, 0.3) is 0 Å². The van der Waals surface area contributed by atoms with Gasteiger partial charge in [-0.25, -0.2) is 0 Å². The predicted octanol–water partition coefficient (Wildman–Crippen LogP) is 5.62. The highest BCUT2D eigenvalue weighted by Crippen LogP contribution is 2.35. The van der Waals surface area contributed by atoms with Crippen molar-refractivity contribution in [2.24, 2.45) is 4.99 Å². The lowest BCUT2D eigenvalue weighted by Gasteiger charge is -2.25. The summed E-state index contributed by atoms with van der Waals surface area (Å²) in [5, 5.41) is 0. The molecule has 0 fully saturated rings. The van der Waals surface area contributed by atoms with Gasteiger partial charge in [-0.3, -0.25) is 9.98 Å². The zero-order chi connectivity index (χ0) is 17.1. The third-order valence-corrected chi connectivity index (χ3v) is 3.93. The first-order valence-electron chi connectivity index (χ1n) is 8.25. The number of hydrogen-bond acceptors (Lipinski definition) is 2. The van der Waals surface area contributed by atoms with Gasteiger partial charge in [-0.1, -0.05) is 59.7 Å². The number of aliphatic imine (C=N–C) groups is 1. The van der Waals surface area contributed by atoms with Crippen LogP contribution in [0.2, 0.25) is 0 Å². The number of hydrogen-bond donors (Lipinski definition) is 0. The number of pyridine rings is 1. The Labute approximate surface area is 140 Å². The van der Waals surface area contributed by atoms with Gasteiger partial charge in [-0.2, -0.15) is 0 Å². The maximum absolute atomic E-state index is 4.78. The van der Waals surface area contributed by atoms with Gasteiger partial charge in [-0.05, 0) is 40.2 Å². The Morgan fingerprint density at radius 1 is 0.957 bits per heavy atom. The van der Waals surface area contributed by atoms with Crippen molar-refractivity contribution in [3.8, 4) is 0 Å². The molecule has 2 rings (SSSR count). The van der Waals surface area contributed by atoms with Gasteiger partial charge in [0.05, 0.1) is 5.69 Å². The number of benzene rings is 1. The highest BCUT2D eigenvalue weighted by Gasteiger charge is 2.21. The molecule has 2 nitrogen and oxygen atoms in total. The molecular formula is C21H28N2. The summed E-state index contributed by atoms with van der Waals surface area (Å²) in [7, 11) is 0. The van der Waals surface area contributed by atoms with Gasteiger partial charge < -0.3 is 0 Å². The van der Waals surface area contributed by atoms with Crippen LogP contribution in [0.1, 0.15) is 58.4 Å². The molecule has 0 unspecified atom stereocenters. The summed E-state index contributed by atoms with van der Waals surface area (Å²) < 4.78 is 0. The van der Waals surface area contributed by atoms with E-state index in [1.807, 2.05) is 30.6 Å². The van der Waals surface area contributed by atoms with Crippen LogP contribution in [0.15, 0.2) is 47.6 Å². The largest absolute Gasteiger partial charge is 0.261 e. The minimum Gasteiger partial charge on any atom is -0.261 e. The summed E-state index contributed by atoms with van der Waals surface area (Å²) >= 11 is 0. The molecule has 2 aromatic rings. The summed E-state index contributed by atoms with van der Waals surface area (Å²) in [5.41, 5.74) is 4.91. The van der Waals surface area contributed by atoms with Crippen LogP contribution in [0, 0.1) is 0 Å². The van der Waals surface area contributed by atoms with Gasteiger partial charge in [0.25, 0.3) is 0 Å². The molecule has 0 N–H and O–H groups in total. The van der Waals surface area contributed by atoms with Crippen LogP contribution in [0.4, 0.5) is 5.69 Å². The Kier molecular flexibility index (Phi) is 5.03. The van der Waals surface area contributed by atoms with E-state index < -0.39 is 0 Å². The molecule has 0 aliphatic rings. The molecule has 0 aliphatic carbocycles. The number of aromatic nitrogens is 1. The van der Waals surface area contributed by atoms with Crippen LogP contribution >= 0.6 is 0 Å². The highest BCUT2D eigenvalue weighted by molar-refractivity contribution is 5.68. The van der Waals surface area contributed by atoms with E-state index in [0.717, 1.165) is 17.8 Å². The Hall–Kier alpha value is -1.96. The minimum atomic E-state index is 0.0775. The van der Waals surface area contributed by atoms with Gasteiger partial charge in [0.2, 0.25) is 0 Å². The van der Waals surface area contributed by atoms with Crippen molar-refractivity contribution < 1.29 is 0 Å². The van der Waals surface area contributed by atoms with E-state index in [1.54, 1.807) is 0 Å². The van der Waals surface area contributed by atoms with Crippen molar-refractivity contribution >= 4 is 11.9 Å². The normalized spacial score (nSPS) is 12.8. The Morgan fingerprint density at radius 3 is 2.26 bits per heavy atom. The van der Waals surface area contributed by atoms with Crippen molar-refractivity contribution in [3.63, 3.8) is 0 Å². The second-order valence-electron chi connectivity index (χ2n) is 8.07. The molecule has 0 aliphatic heterocycles. The summed E-state index contributed by atoms with van der Waals surface area (Å²) in [6.07, 6.45) is 4.55. The fourth-order valence-corrected chi connectivity index (χ4v) is 2.50. The van der Waals surface area contributed by atoms with Gasteiger partial charge in [0, 0.05) is 24.5 Å². The maximum Gasteiger partial charge on any atom is 0.0666 e. The summed E-state index contributed by atoms with van der Waals surface area (Å²) in [5.74, 6) is 0. The second kappa shape index (κ2) is 6.66. The fourth-order valence-electron chi connectivity index (χ4n) is 2.50. The zero-order valence-corrected chi connectivity index (χ0v) is 15.2. The zero-order valence-electron chi connectivity index (χ0n) is 15.2. The molecule has 122 valence electrons. The van der Waals surface area contributed by atoms with E-state index >= 15 is 0 Å². The summed E-state index contributed by atoms with van der Waals surface area (Å²) in [6, 6.07) is 12.7. The van der Waals surface area contributed by atoms with Crippen molar-refractivity contribution in [2.75, 3.05) is 0 Å². The highest BCUT2D eigenvalue weighted by atomic mass is 14.7. The van der Waals surface area contributed by atoms with Crippen molar-refractivity contribution in [2.45, 2.75) is 58.8 Å². The average molecular weight is 308 g/mol. The first-order chi connectivity index (χ1) is 10.7. The molecular weight excluding hydrogens is 280 g/mol. The molecule has 0 spiro atoms. The van der Waals surface area contributed by atoms with E-state index in [4.69, 9.17) is 4.99 Å². The molecule has 0 radical (unpaired) electrons. The van der Waals surface area contributed by atoms with E-state index in [0.29, 0.717) is 0 Å². The van der Waals surface area contributed by atoms with Gasteiger partial charge in [0.1, 0.15) is 0 Å². The van der Waals surface area contributed by atoms with E-state index in [1.165, 1.54) is 11.1 Å². The van der Waals surface area contributed by atoms with Crippen molar-refractivity contribution in [3.05, 3.63) is 59.4 Å². The summed E-state index contributed by atoms with van der Waals surface area (Å²) in [6.45, 7) is 13.4. The number of nitrogens with zero attached hydrogens (tertiary/aromatic N) is 2. The van der Waals surface area contributed by atoms with Crippen LogP contribution in [0.3, 0.4) is 0 Å². The first-order valence-corrected chi connectivity index (χ1v) is 8.25. The lowest BCUT2D eigenvalue weighted by atomic mass is 9.81. The smallest absolute Gasteiger partial charge is 0.0666 e. The molecule has 1 heterocycles. The first kappa shape index (κ1) is 17.4. The SMILES string of the molecule is CC(C)(C)c1ccc(C(C)(C)C)c(N=CCc2ccccn2)c1. The lowest BCUT2D eigenvalue weighted by Crippen LogP contribution is -2.15. The molecule has 1 aromatic heterocycles. The molecule has 0 amide bonds.